The van der Waals surface area contributed by atoms with Gasteiger partial charge in [0, 0.05) is 38.3 Å². The molecule has 0 aromatic heterocycles. The summed E-state index contributed by atoms with van der Waals surface area (Å²) in [5.41, 5.74) is 0. The Bertz CT molecular complexity index is 293. The Balaban J connectivity index is 1.82. The molecule has 3 rings (SSSR count). The van der Waals surface area contributed by atoms with Crippen molar-refractivity contribution in [1.29, 1.82) is 0 Å². The second kappa shape index (κ2) is 2.46. The summed E-state index contributed by atoms with van der Waals surface area (Å²) in [7, 11) is -2.74. The van der Waals surface area contributed by atoms with Crippen LogP contribution >= 0.6 is 0 Å². The highest BCUT2D eigenvalue weighted by Gasteiger charge is 2.48. The van der Waals surface area contributed by atoms with Crippen LogP contribution in [0.2, 0.25) is 0 Å². The smallest absolute Gasteiger partial charge is 0.153 e. The van der Waals surface area contributed by atoms with Crippen molar-refractivity contribution in [3.05, 3.63) is 0 Å². The van der Waals surface area contributed by atoms with Crippen LogP contribution in [0.4, 0.5) is 0 Å². The van der Waals surface area contributed by atoms with Crippen LogP contribution in [-0.2, 0) is 9.84 Å². The molecule has 3 fully saturated rings. The van der Waals surface area contributed by atoms with Gasteiger partial charge in [0.2, 0.25) is 0 Å². The van der Waals surface area contributed by atoms with Crippen molar-refractivity contribution in [3.8, 4) is 0 Å². The Kier molecular flexibility index (Phi) is 1.55. The van der Waals surface area contributed by atoms with Crippen LogP contribution in [0.25, 0.3) is 0 Å². The van der Waals surface area contributed by atoms with Gasteiger partial charge >= 0.3 is 0 Å². The lowest BCUT2D eigenvalue weighted by atomic mass is 10.2. The van der Waals surface area contributed by atoms with Gasteiger partial charge in [-0.2, -0.15) is 0 Å². The van der Waals surface area contributed by atoms with Crippen LogP contribution in [0.3, 0.4) is 0 Å². The molecule has 0 aromatic rings. The molecule has 0 spiro atoms. The van der Waals surface area contributed by atoms with Gasteiger partial charge < -0.3 is 0 Å². The number of nitrogens with zero attached hydrogens (tertiary/aromatic N) is 2. The van der Waals surface area contributed by atoms with E-state index in [-0.39, 0.29) is 0 Å². The van der Waals surface area contributed by atoms with Crippen molar-refractivity contribution < 1.29 is 8.42 Å². The molecule has 0 radical (unpaired) electrons. The lowest BCUT2D eigenvalue weighted by Gasteiger charge is -2.19. The Morgan fingerprint density at radius 2 is 1.23 bits per heavy atom. The molecule has 3 aliphatic heterocycles. The third kappa shape index (κ3) is 1.49. The molecule has 3 heterocycles. The van der Waals surface area contributed by atoms with Gasteiger partial charge in [0.05, 0.1) is 11.5 Å². The van der Waals surface area contributed by atoms with Gasteiger partial charge in [0.1, 0.15) is 0 Å². The van der Waals surface area contributed by atoms with Crippen LogP contribution in [0.15, 0.2) is 0 Å². The molecule has 74 valence electrons. The van der Waals surface area contributed by atoms with E-state index < -0.39 is 9.84 Å². The molecule has 0 aliphatic carbocycles. The van der Waals surface area contributed by atoms with Crippen molar-refractivity contribution in [1.82, 2.24) is 9.80 Å². The number of sulfone groups is 1. The van der Waals surface area contributed by atoms with Crippen molar-refractivity contribution in [2.75, 3.05) is 37.7 Å². The van der Waals surface area contributed by atoms with E-state index in [2.05, 4.69) is 9.80 Å². The maximum absolute atomic E-state index is 11.5. The molecule has 0 N–H and O–H groups in total. The lowest BCUT2D eigenvalue weighted by Crippen LogP contribution is -2.37. The molecule has 4 nitrogen and oxygen atoms in total. The number of rotatable bonds is 2. The molecule has 0 amide bonds. The van der Waals surface area contributed by atoms with Crippen molar-refractivity contribution >= 4 is 9.84 Å². The summed E-state index contributed by atoms with van der Waals surface area (Å²) in [5, 5.41) is 0. The predicted octanol–water partition coefficient (Wildman–Crippen LogP) is -1.22. The maximum Gasteiger partial charge on any atom is 0.153 e. The highest BCUT2D eigenvalue weighted by atomic mass is 32.2. The van der Waals surface area contributed by atoms with Gasteiger partial charge in [-0.15, -0.1) is 0 Å². The minimum absolute atomic E-state index is 0.312. The lowest BCUT2D eigenvalue weighted by molar-refractivity contribution is 0.293. The van der Waals surface area contributed by atoms with Gasteiger partial charge in [0.15, 0.2) is 9.84 Å². The molecule has 0 saturated carbocycles. The van der Waals surface area contributed by atoms with Crippen LogP contribution in [0.1, 0.15) is 0 Å². The monoisotopic (exact) mass is 202 g/mol. The van der Waals surface area contributed by atoms with Crippen LogP contribution < -0.4 is 0 Å². The van der Waals surface area contributed by atoms with E-state index in [1.165, 1.54) is 0 Å². The van der Waals surface area contributed by atoms with E-state index in [0.717, 1.165) is 26.2 Å². The fraction of sp³-hybridized carbons (Fsp3) is 1.00. The zero-order chi connectivity index (χ0) is 9.05. The Morgan fingerprint density at radius 3 is 1.54 bits per heavy atom. The topological polar surface area (TPSA) is 40.2 Å². The van der Waals surface area contributed by atoms with Crippen molar-refractivity contribution in [3.63, 3.8) is 0 Å². The number of hydrogen-bond donors (Lipinski definition) is 0. The summed E-state index contributed by atoms with van der Waals surface area (Å²) in [6.07, 6.45) is 0. The van der Waals surface area contributed by atoms with Gasteiger partial charge in [-0.05, 0) is 0 Å². The van der Waals surface area contributed by atoms with E-state index in [0.29, 0.717) is 23.6 Å². The third-order valence-electron chi connectivity index (χ3n) is 3.20. The average molecular weight is 202 g/mol. The summed E-state index contributed by atoms with van der Waals surface area (Å²) in [4.78, 5) is 4.57. The molecular formula is C8H14N2O2S. The summed E-state index contributed by atoms with van der Waals surface area (Å²) in [5.74, 6) is 0.794. The van der Waals surface area contributed by atoms with Crippen LogP contribution in [0.5, 0.6) is 0 Å². The average Bonchev–Trinajstić information content (AvgIpc) is 2.90. The largest absolute Gasteiger partial charge is 0.295 e. The quantitative estimate of drug-likeness (QED) is 0.526. The third-order valence-corrected chi connectivity index (χ3v) is 4.89. The minimum atomic E-state index is -2.74. The molecule has 2 atom stereocenters. The molecule has 0 aromatic carbocycles. The normalized spacial score (nSPS) is 43.7. The van der Waals surface area contributed by atoms with E-state index in [1.54, 1.807) is 0 Å². The zero-order valence-electron chi connectivity index (χ0n) is 7.52. The highest BCUT2D eigenvalue weighted by molar-refractivity contribution is 7.91. The molecule has 0 bridgehead atoms. The standard InChI is InChI=1S/C8H14N2O2S/c11-13(12)5-7(9-1-2-9)8(6-13)10-3-4-10/h7-8H,1-6H2. The first kappa shape index (κ1) is 8.20. The van der Waals surface area contributed by atoms with Crippen molar-refractivity contribution in [2.24, 2.45) is 0 Å². The van der Waals surface area contributed by atoms with Gasteiger partial charge in [-0.1, -0.05) is 0 Å². The summed E-state index contributed by atoms with van der Waals surface area (Å²) >= 11 is 0. The molecular weight excluding hydrogens is 188 g/mol. The molecule has 3 aliphatic rings. The first-order valence-electron chi connectivity index (χ1n) is 4.84. The van der Waals surface area contributed by atoms with Gasteiger partial charge in [-0.3, -0.25) is 9.80 Å². The minimum Gasteiger partial charge on any atom is -0.295 e. The van der Waals surface area contributed by atoms with E-state index in [9.17, 15) is 8.42 Å². The van der Waals surface area contributed by atoms with Gasteiger partial charge in [-0.25, -0.2) is 8.42 Å². The molecule has 2 unspecified atom stereocenters. The Morgan fingerprint density at radius 1 is 0.846 bits per heavy atom. The van der Waals surface area contributed by atoms with Crippen LogP contribution in [-0.4, -0.2) is 68.0 Å². The summed E-state index contributed by atoms with van der Waals surface area (Å²) in [6.45, 7) is 4.41. The Labute approximate surface area is 78.4 Å². The molecule has 13 heavy (non-hydrogen) atoms. The second-order valence-electron chi connectivity index (χ2n) is 4.28. The van der Waals surface area contributed by atoms with E-state index in [4.69, 9.17) is 0 Å². The number of hydrogen-bond acceptors (Lipinski definition) is 4. The predicted molar refractivity (Wildman–Crippen MR) is 49.4 cm³/mol. The maximum atomic E-state index is 11.5. The van der Waals surface area contributed by atoms with E-state index in [1.807, 2.05) is 0 Å². The zero-order valence-corrected chi connectivity index (χ0v) is 8.33. The fourth-order valence-electron chi connectivity index (χ4n) is 2.29. The fourth-order valence-corrected chi connectivity index (χ4v) is 4.33. The summed E-state index contributed by atoms with van der Waals surface area (Å²) < 4.78 is 22.9. The van der Waals surface area contributed by atoms with Crippen molar-refractivity contribution in [2.45, 2.75) is 12.1 Å². The highest BCUT2D eigenvalue weighted by Crippen LogP contribution is 2.29. The van der Waals surface area contributed by atoms with Crippen LogP contribution in [0, 0.1) is 0 Å². The molecule has 5 heteroatoms. The second-order valence-corrected chi connectivity index (χ2v) is 6.44. The SMILES string of the molecule is O=S1(=O)CC(N2CC2)C(N2CC2)C1. The summed E-state index contributed by atoms with van der Waals surface area (Å²) in [6, 6.07) is 0.625. The Hall–Kier alpha value is -0.130. The first-order chi connectivity index (χ1) is 6.16. The molecule has 3 saturated heterocycles. The van der Waals surface area contributed by atoms with E-state index >= 15 is 0 Å². The van der Waals surface area contributed by atoms with Gasteiger partial charge in [0.25, 0.3) is 0 Å². The first-order valence-corrected chi connectivity index (χ1v) is 6.66.